The van der Waals surface area contributed by atoms with Crippen LogP contribution in [0.25, 0.3) is 11.1 Å². The van der Waals surface area contributed by atoms with E-state index in [0.29, 0.717) is 22.7 Å². The number of aromatic nitrogens is 1. The van der Waals surface area contributed by atoms with Crippen LogP contribution in [0.2, 0.25) is 0 Å². The van der Waals surface area contributed by atoms with Gasteiger partial charge in [-0.2, -0.15) is 0 Å². The van der Waals surface area contributed by atoms with Gasteiger partial charge in [0, 0.05) is 12.4 Å². The van der Waals surface area contributed by atoms with Gasteiger partial charge in [0.25, 0.3) is 0 Å². The molecule has 0 spiro atoms. The third kappa shape index (κ3) is 3.33. The number of pyridine rings is 1. The highest BCUT2D eigenvalue weighted by molar-refractivity contribution is 5.93. The van der Waals surface area contributed by atoms with Crippen LogP contribution in [-0.2, 0) is 0 Å². The van der Waals surface area contributed by atoms with Gasteiger partial charge in [-0.25, -0.2) is 4.99 Å². The lowest BCUT2D eigenvalue weighted by Gasteiger charge is -2.10. The molecule has 0 saturated carbocycles. The zero-order valence-electron chi connectivity index (χ0n) is 11.6. The molecule has 0 radical (unpaired) electrons. The normalized spacial score (nSPS) is 12.8. The first-order chi connectivity index (χ1) is 10.3. The van der Waals surface area contributed by atoms with E-state index >= 15 is 0 Å². The molecule has 0 aliphatic rings. The van der Waals surface area contributed by atoms with Crippen LogP contribution < -0.4 is 5.32 Å². The molecule has 0 amide bonds. The number of nitrogens with one attached hydrogen (secondary N) is 1. The molecule has 5 heteroatoms. The highest BCUT2D eigenvalue weighted by Gasteiger charge is 2.15. The lowest BCUT2D eigenvalue weighted by atomic mass is 10.2. The van der Waals surface area contributed by atoms with E-state index in [0.717, 1.165) is 0 Å². The van der Waals surface area contributed by atoms with Crippen molar-refractivity contribution in [1.82, 2.24) is 4.98 Å². The standard InChI is InChI=1S/C16H16N4O/c1-4-5-7-12(9-11-17-2)20-15-14-13(8-6-10-19-14)21-16(15)18-3/h4-12,20H,1-3H2/b7-5-,11-9-. The van der Waals surface area contributed by atoms with Gasteiger partial charge < -0.3 is 9.73 Å². The number of rotatable bonds is 7. The maximum Gasteiger partial charge on any atom is 0.244 e. The molecule has 0 bridgehead atoms. The summed E-state index contributed by atoms with van der Waals surface area (Å²) in [6.45, 7) is 10.6. The molecule has 2 heterocycles. The first-order valence-electron chi connectivity index (χ1n) is 6.32. The van der Waals surface area contributed by atoms with Gasteiger partial charge in [0.2, 0.25) is 5.88 Å². The highest BCUT2D eigenvalue weighted by atomic mass is 16.3. The van der Waals surface area contributed by atoms with Gasteiger partial charge >= 0.3 is 0 Å². The van der Waals surface area contributed by atoms with Crippen molar-refractivity contribution in [2.45, 2.75) is 6.04 Å². The molecule has 0 aliphatic carbocycles. The van der Waals surface area contributed by atoms with E-state index in [-0.39, 0.29) is 6.04 Å². The summed E-state index contributed by atoms with van der Waals surface area (Å²) in [4.78, 5) is 11.9. The van der Waals surface area contributed by atoms with Crippen molar-refractivity contribution in [2.75, 3.05) is 5.32 Å². The SMILES string of the molecule is C=C/C=C\C(/C=C\N=C)Nc1c(N=C)oc2cccnc12. The Morgan fingerprint density at radius 2 is 2.19 bits per heavy atom. The van der Waals surface area contributed by atoms with E-state index < -0.39 is 0 Å². The summed E-state index contributed by atoms with van der Waals surface area (Å²) in [6.07, 6.45) is 10.6. The molecule has 2 rings (SSSR count). The number of anilines is 1. The molecular formula is C16H16N4O. The predicted molar refractivity (Wildman–Crippen MR) is 88.7 cm³/mol. The summed E-state index contributed by atoms with van der Waals surface area (Å²) in [5.74, 6) is 0.403. The lowest BCUT2D eigenvalue weighted by molar-refractivity contribution is 0.627. The van der Waals surface area contributed by atoms with E-state index in [1.807, 2.05) is 24.3 Å². The zero-order chi connectivity index (χ0) is 15.1. The van der Waals surface area contributed by atoms with Crippen LogP contribution in [0.5, 0.6) is 0 Å². The van der Waals surface area contributed by atoms with E-state index in [9.17, 15) is 0 Å². The minimum absolute atomic E-state index is 0.128. The molecule has 2 aromatic rings. The first-order valence-corrected chi connectivity index (χ1v) is 6.32. The largest absolute Gasteiger partial charge is 0.435 e. The summed E-state index contributed by atoms with van der Waals surface area (Å²) in [5.41, 5.74) is 2.05. The zero-order valence-corrected chi connectivity index (χ0v) is 11.6. The van der Waals surface area contributed by atoms with Crippen LogP contribution in [0.3, 0.4) is 0 Å². The summed E-state index contributed by atoms with van der Waals surface area (Å²) >= 11 is 0. The Labute approximate surface area is 123 Å². The number of fused-ring (bicyclic) bond motifs is 1. The summed E-state index contributed by atoms with van der Waals surface area (Å²) in [6, 6.07) is 3.51. The molecule has 0 aliphatic heterocycles. The maximum atomic E-state index is 5.60. The van der Waals surface area contributed by atoms with Gasteiger partial charge in [0.15, 0.2) is 5.58 Å². The van der Waals surface area contributed by atoms with E-state index in [4.69, 9.17) is 4.42 Å². The first kappa shape index (κ1) is 14.5. The summed E-state index contributed by atoms with van der Waals surface area (Å²) < 4.78 is 5.60. The van der Waals surface area contributed by atoms with Crippen LogP contribution in [0.4, 0.5) is 11.6 Å². The van der Waals surface area contributed by atoms with Crippen molar-refractivity contribution in [1.29, 1.82) is 0 Å². The van der Waals surface area contributed by atoms with E-state index in [1.165, 1.54) is 0 Å². The van der Waals surface area contributed by atoms with Crippen molar-refractivity contribution in [3.63, 3.8) is 0 Å². The van der Waals surface area contributed by atoms with E-state index in [1.54, 1.807) is 24.5 Å². The molecule has 1 atom stereocenters. The molecule has 21 heavy (non-hydrogen) atoms. The van der Waals surface area contributed by atoms with Crippen LogP contribution in [0.15, 0.2) is 69.8 Å². The van der Waals surface area contributed by atoms with Crippen LogP contribution in [0, 0.1) is 0 Å². The summed E-state index contributed by atoms with van der Waals surface area (Å²) in [5, 5.41) is 3.29. The smallest absolute Gasteiger partial charge is 0.244 e. The second-order valence-electron chi connectivity index (χ2n) is 4.11. The van der Waals surface area contributed by atoms with Crippen molar-refractivity contribution in [3.05, 3.63) is 55.4 Å². The fraction of sp³-hybridized carbons (Fsp3) is 0.0625. The van der Waals surface area contributed by atoms with Gasteiger partial charge in [0.1, 0.15) is 11.2 Å². The van der Waals surface area contributed by atoms with Gasteiger partial charge in [-0.3, -0.25) is 9.98 Å². The Morgan fingerprint density at radius 1 is 1.33 bits per heavy atom. The van der Waals surface area contributed by atoms with Gasteiger partial charge in [-0.1, -0.05) is 24.8 Å². The van der Waals surface area contributed by atoms with Crippen molar-refractivity contribution in [2.24, 2.45) is 9.98 Å². The van der Waals surface area contributed by atoms with Gasteiger partial charge in [-0.05, 0) is 31.6 Å². The van der Waals surface area contributed by atoms with E-state index in [2.05, 4.69) is 40.3 Å². The van der Waals surface area contributed by atoms with Crippen molar-refractivity contribution < 1.29 is 4.42 Å². The van der Waals surface area contributed by atoms with Crippen LogP contribution in [0.1, 0.15) is 0 Å². The third-order valence-electron chi connectivity index (χ3n) is 2.74. The number of hydrogen-bond acceptors (Lipinski definition) is 5. The Bertz CT molecular complexity index is 694. The fourth-order valence-electron chi connectivity index (χ4n) is 1.84. The average molecular weight is 280 g/mol. The van der Waals surface area contributed by atoms with Crippen LogP contribution >= 0.6 is 0 Å². The number of allylic oxidation sites excluding steroid dienone is 2. The molecule has 5 nitrogen and oxygen atoms in total. The Kier molecular flexibility index (Phi) is 4.82. The Hall–Kier alpha value is -2.95. The molecule has 1 unspecified atom stereocenters. The maximum absolute atomic E-state index is 5.60. The van der Waals surface area contributed by atoms with Crippen molar-refractivity contribution >= 4 is 36.1 Å². The molecule has 106 valence electrons. The molecule has 2 aromatic heterocycles. The minimum Gasteiger partial charge on any atom is -0.435 e. The quantitative estimate of drug-likeness (QED) is 0.618. The average Bonchev–Trinajstić information content (AvgIpc) is 2.87. The third-order valence-corrected chi connectivity index (χ3v) is 2.74. The number of hydrogen-bond donors (Lipinski definition) is 1. The minimum atomic E-state index is -0.128. The number of nitrogens with zero attached hydrogens (tertiary/aromatic N) is 3. The van der Waals surface area contributed by atoms with Crippen molar-refractivity contribution in [3.8, 4) is 0 Å². The number of aliphatic imine (C=N–C) groups is 2. The van der Waals surface area contributed by atoms with Gasteiger partial charge in [0.05, 0.1) is 6.04 Å². The molecule has 1 N–H and O–H groups in total. The monoisotopic (exact) mass is 280 g/mol. The Morgan fingerprint density at radius 3 is 2.90 bits per heavy atom. The predicted octanol–water partition coefficient (Wildman–Crippen LogP) is 3.90. The Balaban J connectivity index is 2.41. The topological polar surface area (TPSA) is 62.8 Å². The molecule has 0 fully saturated rings. The molecule has 0 aromatic carbocycles. The molecule has 0 saturated heterocycles. The summed E-state index contributed by atoms with van der Waals surface area (Å²) in [7, 11) is 0. The van der Waals surface area contributed by atoms with Gasteiger partial charge in [-0.15, -0.1) is 0 Å². The second-order valence-corrected chi connectivity index (χ2v) is 4.11. The molecular weight excluding hydrogens is 264 g/mol. The lowest BCUT2D eigenvalue weighted by Crippen LogP contribution is -2.13. The second kappa shape index (κ2) is 7.00. The number of furan rings is 1. The van der Waals surface area contributed by atoms with Crippen LogP contribution in [-0.4, -0.2) is 24.5 Å². The fourth-order valence-corrected chi connectivity index (χ4v) is 1.84. The highest BCUT2D eigenvalue weighted by Crippen LogP contribution is 2.35.